The molecule has 0 fully saturated rings. The number of benzene rings is 1. The van der Waals surface area contributed by atoms with E-state index in [1.165, 1.54) is 0 Å². The lowest BCUT2D eigenvalue weighted by atomic mass is 10.3. The van der Waals surface area contributed by atoms with Gasteiger partial charge in [-0.25, -0.2) is 9.79 Å². The third-order valence-corrected chi connectivity index (χ3v) is 2.38. The highest BCUT2D eigenvalue weighted by atomic mass is 16.6. The van der Waals surface area contributed by atoms with Crippen LogP contribution in [0.3, 0.4) is 0 Å². The Kier molecular flexibility index (Phi) is 6.31. The third kappa shape index (κ3) is 5.57. The Balaban J connectivity index is 2.58. The van der Waals surface area contributed by atoms with Crippen LogP contribution in [0.5, 0.6) is 5.75 Å². The van der Waals surface area contributed by atoms with Gasteiger partial charge >= 0.3 is 6.09 Å². The number of nitrogens with one attached hydrogen (secondary N) is 1. The second kappa shape index (κ2) is 8.00. The fraction of sp³-hybridized carbons (Fsp3) is 0.385. The van der Waals surface area contributed by atoms with E-state index in [4.69, 9.17) is 20.3 Å². The molecule has 0 heterocycles. The van der Waals surface area contributed by atoms with Gasteiger partial charge in [-0.3, -0.25) is 5.32 Å². The standard InChI is InChI=1S/C13H19N3O4/c1-9(6-7-17)20-13(18)16-12(14)15-10-4-3-5-11(8-10)19-2/h3-5,8-9,17H,6-7H2,1-2H3,(H3,14,15,16,18). The van der Waals surface area contributed by atoms with E-state index in [1.807, 2.05) is 0 Å². The monoisotopic (exact) mass is 281 g/mol. The molecule has 20 heavy (non-hydrogen) atoms. The molecule has 1 atom stereocenters. The van der Waals surface area contributed by atoms with E-state index in [0.717, 1.165) is 0 Å². The van der Waals surface area contributed by atoms with Crippen molar-refractivity contribution in [2.24, 2.45) is 10.7 Å². The molecular formula is C13H19N3O4. The lowest BCUT2D eigenvalue weighted by Gasteiger charge is -2.12. The van der Waals surface area contributed by atoms with Gasteiger partial charge in [-0.15, -0.1) is 0 Å². The summed E-state index contributed by atoms with van der Waals surface area (Å²) in [4.78, 5) is 15.5. The number of rotatable bonds is 5. The number of hydrogen-bond donors (Lipinski definition) is 3. The maximum absolute atomic E-state index is 11.5. The topological polar surface area (TPSA) is 106 Å². The first kappa shape index (κ1) is 15.8. The van der Waals surface area contributed by atoms with Crippen molar-refractivity contribution >= 4 is 17.7 Å². The molecule has 0 aliphatic heterocycles. The molecule has 0 aliphatic carbocycles. The molecule has 0 saturated carbocycles. The molecule has 1 rings (SSSR count). The summed E-state index contributed by atoms with van der Waals surface area (Å²) >= 11 is 0. The van der Waals surface area contributed by atoms with Gasteiger partial charge in [0.1, 0.15) is 11.9 Å². The summed E-state index contributed by atoms with van der Waals surface area (Å²) < 4.78 is 10.00. The van der Waals surface area contributed by atoms with E-state index in [2.05, 4.69) is 10.3 Å². The van der Waals surface area contributed by atoms with E-state index in [0.29, 0.717) is 17.9 Å². The number of hydrogen-bond acceptors (Lipinski definition) is 5. The van der Waals surface area contributed by atoms with Crippen LogP contribution in [0.1, 0.15) is 13.3 Å². The Morgan fingerprint density at radius 2 is 2.30 bits per heavy atom. The maximum atomic E-state index is 11.5. The third-order valence-electron chi connectivity index (χ3n) is 2.38. The lowest BCUT2D eigenvalue weighted by Crippen LogP contribution is -2.38. The Bertz CT molecular complexity index is 476. The van der Waals surface area contributed by atoms with Crippen molar-refractivity contribution in [3.05, 3.63) is 24.3 Å². The van der Waals surface area contributed by atoms with Crippen LogP contribution >= 0.6 is 0 Å². The lowest BCUT2D eigenvalue weighted by molar-refractivity contribution is 0.0942. The van der Waals surface area contributed by atoms with Crippen LogP contribution in [0, 0.1) is 0 Å². The van der Waals surface area contributed by atoms with Crippen LogP contribution < -0.4 is 15.8 Å². The highest BCUT2D eigenvalue weighted by molar-refractivity contribution is 5.94. The largest absolute Gasteiger partial charge is 0.497 e. The molecule has 1 aromatic carbocycles. The van der Waals surface area contributed by atoms with Gasteiger partial charge in [0.05, 0.1) is 12.8 Å². The molecule has 110 valence electrons. The van der Waals surface area contributed by atoms with Crippen molar-refractivity contribution in [1.82, 2.24) is 5.32 Å². The number of nitrogens with two attached hydrogens (primary N) is 1. The predicted octanol–water partition coefficient (Wildman–Crippen LogP) is 1.14. The molecule has 0 aromatic heterocycles. The highest BCUT2D eigenvalue weighted by Gasteiger charge is 2.09. The summed E-state index contributed by atoms with van der Waals surface area (Å²) in [5.74, 6) is 0.553. The zero-order chi connectivity index (χ0) is 15.0. The van der Waals surface area contributed by atoms with Gasteiger partial charge in [-0.05, 0) is 19.1 Å². The zero-order valence-corrected chi connectivity index (χ0v) is 11.5. The average molecular weight is 281 g/mol. The molecule has 0 bridgehead atoms. The van der Waals surface area contributed by atoms with Gasteiger partial charge < -0.3 is 20.3 Å². The van der Waals surface area contributed by atoms with Gasteiger partial charge in [0.25, 0.3) is 0 Å². The van der Waals surface area contributed by atoms with Crippen molar-refractivity contribution in [2.75, 3.05) is 13.7 Å². The van der Waals surface area contributed by atoms with Crippen molar-refractivity contribution in [3.8, 4) is 5.75 Å². The molecule has 0 spiro atoms. The Labute approximate surface area is 117 Å². The van der Waals surface area contributed by atoms with Crippen molar-refractivity contribution < 1.29 is 19.4 Å². The first-order chi connectivity index (χ1) is 9.55. The number of nitrogens with zero attached hydrogens (tertiary/aromatic N) is 1. The normalized spacial score (nSPS) is 12.7. The number of aliphatic hydroxyl groups is 1. The van der Waals surface area contributed by atoms with Gasteiger partial charge in [-0.1, -0.05) is 6.07 Å². The smallest absolute Gasteiger partial charge is 0.414 e. The molecule has 1 aromatic rings. The minimum atomic E-state index is -0.713. The second-order valence-electron chi connectivity index (χ2n) is 4.05. The predicted molar refractivity (Wildman–Crippen MR) is 75.1 cm³/mol. The number of carbonyl (C=O) groups is 1. The number of carbonyl (C=O) groups excluding carboxylic acids is 1. The van der Waals surface area contributed by atoms with Crippen LogP contribution in [0.25, 0.3) is 0 Å². The summed E-state index contributed by atoms with van der Waals surface area (Å²) in [6.45, 7) is 1.62. The minimum Gasteiger partial charge on any atom is -0.497 e. The van der Waals surface area contributed by atoms with E-state index in [1.54, 1.807) is 38.3 Å². The Hall–Kier alpha value is -2.28. The summed E-state index contributed by atoms with van der Waals surface area (Å²) in [6.07, 6.45) is -0.750. The quantitative estimate of drug-likeness (QED) is 0.554. The van der Waals surface area contributed by atoms with E-state index >= 15 is 0 Å². The fourth-order valence-corrected chi connectivity index (χ4v) is 1.40. The first-order valence-corrected chi connectivity index (χ1v) is 6.12. The number of guanidine groups is 1. The summed E-state index contributed by atoms with van der Waals surface area (Å²) in [5, 5.41) is 11.0. The second-order valence-corrected chi connectivity index (χ2v) is 4.05. The number of methoxy groups -OCH3 is 1. The van der Waals surface area contributed by atoms with E-state index in [9.17, 15) is 4.79 Å². The SMILES string of the molecule is COc1cccc(N=C(N)NC(=O)OC(C)CCO)c1. The van der Waals surface area contributed by atoms with Gasteiger partial charge in [0.2, 0.25) is 5.96 Å². The van der Waals surface area contributed by atoms with Gasteiger partial charge in [0.15, 0.2) is 0 Å². The number of amides is 1. The van der Waals surface area contributed by atoms with Crippen LogP contribution in [-0.2, 0) is 4.74 Å². The minimum absolute atomic E-state index is 0.0537. The van der Waals surface area contributed by atoms with Crippen molar-refractivity contribution in [2.45, 2.75) is 19.4 Å². The number of aliphatic imine (C=N–C) groups is 1. The molecule has 4 N–H and O–H groups in total. The summed E-state index contributed by atoms with van der Waals surface area (Å²) in [7, 11) is 1.55. The van der Waals surface area contributed by atoms with Gasteiger partial charge in [0, 0.05) is 19.1 Å². The Morgan fingerprint density at radius 1 is 1.55 bits per heavy atom. The molecule has 7 heteroatoms. The number of alkyl carbamates (subject to hydrolysis) is 1. The molecule has 7 nitrogen and oxygen atoms in total. The fourth-order valence-electron chi connectivity index (χ4n) is 1.40. The van der Waals surface area contributed by atoms with Crippen LogP contribution in [-0.4, -0.2) is 37.0 Å². The number of ether oxygens (including phenoxy) is 2. The van der Waals surface area contributed by atoms with Crippen molar-refractivity contribution in [1.29, 1.82) is 0 Å². The van der Waals surface area contributed by atoms with Gasteiger partial charge in [-0.2, -0.15) is 0 Å². The van der Waals surface area contributed by atoms with Crippen LogP contribution in [0.4, 0.5) is 10.5 Å². The maximum Gasteiger partial charge on any atom is 0.414 e. The molecule has 0 radical (unpaired) electrons. The summed E-state index contributed by atoms with van der Waals surface area (Å²) in [5.41, 5.74) is 6.14. The highest BCUT2D eigenvalue weighted by Crippen LogP contribution is 2.18. The van der Waals surface area contributed by atoms with E-state index < -0.39 is 12.2 Å². The molecule has 1 amide bonds. The van der Waals surface area contributed by atoms with E-state index in [-0.39, 0.29) is 12.6 Å². The van der Waals surface area contributed by atoms with Crippen molar-refractivity contribution in [3.63, 3.8) is 0 Å². The van der Waals surface area contributed by atoms with Crippen LogP contribution in [0.15, 0.2) is 29.3 Å². The zero-order valence-electron chi connectivity index (χ0n) is 11.5. The first-order valence-electron chi connectivity index (χ1n) is 6.12. The molecule has 1 unspecified atom stereocenters. The average Bonchev–Trinajstić information content (AvgIpc) is 2.38. The van der Waals surface area contributed by atoms with Crippen LogP contribution in [0.2, 0.25) is 0 Å². The Morgan fingerprint density at radius 3 is 2.95 bits per heavy atom. The molecular weight excluding hydrogens is 262 g/mol. The summed E-state index contributed by atoms with van der Waals surface area (Å²) in [6, 6.07) is 6.92. The number of aliphatic hydroxyl groups excluding tert-OH is 1. The molecule has 0 aliphatic rings. The molecule has 0 saturated heterocycles.